The summed E-state index contributed by atoms with van der Waals surface area (Å²) in [7, 11) is 1.62. The summed E-state index contributed by atoms with van der Waals surface area (Å²) in [5.41, 5.74) is 0.852. The number of ether oxygens (including phenoxy) is 2. The molecule has 0 N–H and O–H groups in total. The molecule has 1 fully saturated rings. The van der Waals surface area contributed by atoms with E-state index in [1.807, 2.05) is 18.2 Å². The minimum Gasteiger partial charge on any atom is -0.493 e. The molecule has 1 saturated heterocycles. The van der Waals surface area contributed by atoms with Crippen LogP contribution in [-0.4, -0.2) is 44.5 Å². The van der Waals surface area contributed by atoms with Crippen LogP contribution >= 0.6 is 0 Å². The van der Waals surface area contributed by atoms with Crippen molar-refractivity contribution < 1.29 is 18.7 Å². The summed E-state index contributed by atoms with van der Waals surface area (Å²) in [5, 5.41) is 0. The van der Waals surface area contributed by atoms with E-state index in [0.29, 0.717) is 30.2 Å². The Hall–Kier alpha value is -2.27. The molecule has 0 saturated carbocycles. The van der Waals surface area contributed by atoms with Crippen LogP contribution in [0.15, 0.2) is 34.7 Å². The van der Waals surface area contributed by atoms with Gasteiger partial charge in [-0.25, -0.2) is 0 Å². The molecule has 134 valence electrons. The molecule has 1 aromatic heterocycles. The molecule has 0 spiro atoms. The standard InChI is InChI=1S/C20H25NO4/c1-23-20-14-16(18-9-7-17(15-22)25-18)6-8-19(20)24-13-5-12-21-10-3-2-4-11-21/h6-9,14-15H,2-5,10-13H2,1H3. The predicted molar refractivity (Wildman–Crippen MR) is 96.5 cm³/mol. The van der Waals surface area contributed by atoms with Crippen molar-refractivity contribution in [3.05, 3.63) is 36.1 Å². The number of benzene rings is 1. The summed E-state index contributed by atoms with van der Waals surface area (Å²) in [5.74, 6) is 2.34. The smallest absolute Gasteiger partial charge is 0.185 e. The molecular formula is C20H25NO4. The fourth-order valence-corrected chi connectivity index (χ4v) is 3.16. The molecule has 2 heterocycles. The van der Waals surface area contributed by atoms with E-state index in [1.54, 1.807) is 19.2 Å². The highest BCUT2D eigenvalue weighted by molar-refractivity contribution is 5.73. The number of hydrogen-bond acceptors (Lipinski definition) is 5. The molecule has 5 heteroatoms. The van der Waals surface area contributed by atoms with Gasteiger partial charge in [-0.05, 0) is 62.7 Å². The molecule has 0 radical (unpaired) electrons. The minimum atomic E-state index is 0.312. The van der Waals surface area contributed by atoms with E-state index < -0.39 is 0 Å². The Balaban J connectivity index is 1.56. The maximum Gasteiger partial charge on any atom is 0.185 e. The van der Waals surface area contributed by atoms with Gasteiger partial charge in [0.15, 0.2) is 23.5 Å². The summed E-state index contributed by atoms with van der Waals surface area (Å²) >= 11 is 0. The van der Waals surface area contributed by atoms with Crippen molar-refractivity contribution in [2.45, 2.75) is 25.7 Å². The van der Waals surface area contributed by atoms with Gasteiger partial charge in [-0.3, -0.25) is 4.79 Å². The number of carbonyl (C=O) groups excluding carboxylic acids is 1. The largest absolute Gasteiger partial charge is 0.493 e. The van der Waals surface area contributed by atoms with Crippen LogP contribution in [0.25, 0.3) is 11.3 Å². The maximum atomic E-state index is 10.7. The lowest BCUT2D eigenvalue weighted by Gasteiger charge is -2.26. The van der Waals surface area contributed by atoms with Crippen molar-refractivity contribution in [1.82, 2.24) is 4.90 Å². The summed E-state index contributed by atoms with van der Waals surface area (Å²) in [6, 6.07) is 9.10. The molecule has 0 unspecified atom stereocenters. The molecule has 5 nitrogen and oxygen atoms in total. The topological polar surface area (TPSA) is 51.9 Å². The van der Waals surface area contributed by atoms with Gasteiger partial charge in [-0.1, -0.05) is 6.42 Å². The van der Waals surface area contributed by atoms with Gasteiger partial charge in [0.05, 0.1) is 13.7 Å². The first kappa shape index (κ1) is 17.5. The Kier molecular flexibility index (Phi) is 6.12. The van der Waals surface area contributed by atoms with Crippen molar-refractivity contribution >= 4 is 6.29 Å². The first-order valence-electron chi connectivity index (χ1n) is 8.89. The lowest BCUT2D eigenvalue weighted by atomic mass is 10.1. The monoisotopic (exact) mass is 343 g/mol. The molecule has 0 atom stereocenters. The number of furan rings is 1. The Morgan fingerprint density at radius 3 is 2.68 bits per heavy atom. The van der Waals surface area contributed by atoms with Gasteiger partial charge in [0.1, 0.15) is 5.76 Å². The quantitative estimate of drug-likeness (QED) is 0.535. The van der Waals surface area contributed by atoms with Crippen molar-refractivity contribution in [1.29, 1.82) is 0 Å². The van der Waals surface area contributed by atoms with Crippen LogP contribution in [0.1, 0.15) is 36.2 Å². The van der Waals surface area contributed by atoms with Crippen LogP contribution in [-0.2, 0) is 0 Å². The molecule has 0 bridgehead atoms. The zero-order valence-electron chi connectivity index (χ0n) is 14.7. The number of carbonyl (C=O) groups is 1. The molecule has 0 aliphatic carbocycles. The second-order valence-corrected chi connectivity index (χ2v) is 6.29. The van der Waals surface area contributed by atoms with Gasteiger partial charge in [0.25, 0.3) is 0 Å². The number of hydrogen-bond donors (Lipinski definition) is 0. The Morgan fingerprint density at radius 1 is 1.12 bits per heavy atom. The van der Waals surface area contributed by atoms with Crippen molar-refractivity contribution in [2.24, 2.45) is 0 Å². The third-order valence-electron chi connectivity index (χ3n) is 4.52. The number of rotatable bonds is 8. The van der Waals surface area contributed by atoms with Crippen LogP contribution < -0.4 is 9.47 Å². The van der Waals surface area contributed by atoms with E-state index in [2.05, 4.69) is 4.90 Å². The number of methoxy groups -OCH3 is 1. The van der Waals surface area contributed by atoms with Gasteiger partial charge in [0, 0.05) is 12.1 Å². The van der Waals surface area contributed by atoms with Crippen LogP contribution in [0, 0.1) is 0 Å². The third kappa shape index (κ3) is 4.63. The Labute approximate surface area is 148 Å². The molecule has 1 aliphatic heterocycles. The zero-order valence-corrected chi connectivity index (χ0v) is 14.7. The maximum absolute atomic E-state index is 10.7. The molecule has 1 aromatic carbocycles. The van der Waals surface area contributed by atoms with Crippen LogP contribution in [0.4, 0.5) is 0 Å². The SMILES string of the molecule is COc1cc(-c2ccc(C=O)o2)ccc1OCCCN1CCCCC1. The van der Waals surface area contributed by atoms with Gasteiger partial charge < -0.3 is 18.8 Å². The Bertz CT molecular complexity index is 689. The number of nitrogens with zero attached hydrogens (tertiary/aromatic N) is 1. The Morgan fingerprint density at radius 2 is 1.96 bits per heavy atom. The van der Waals surface area contributed by atoms with Gasteiger partial charge in [0.2, 0.25) is 0 Å². The molecule has 3 rings (SSSR count). The van der Waals surface area contributed by atoms with Crippen molar-refractivity contribution in [3.63, 3.8) is 0 Å². The first-order valence-corrected chi connectivity index (χ1v) is 8.89. The second-order valence-electron chi connectivity index (χ2n) is 6.29. The molecule has 2 aromatic rings. The van der Waals surface area contributed by atoms with Gasteiger partial charge in [-0.2, -0.15) is 0 Å². The summed E-state index contributed by atoms with van der Waals surface area (Å²) in [6.45, 7) is 4.18. The fraction of sp³-hybridized carbons (Fsp3) is 0.450. The van der Waals surface area contributed by atoms with E-state index in [-0.39, 0.29) is 0 Å². The minimum absolute atomic E-state index is 0.312. The lowest BCUT2D eigenvalue weighted by Crippen LogP contribution is -2.31. The van der Waals surface area contributed by atoms with Crippen LogP contribution in [0.2, 0.25) is 0 Å². The summed E-state index contributed by atoms with van der Waals surface area (Å²) in [4.78, 5) is 13.3. The van der Waals surface area contributed by atoms with Crippen LogP contribution in [0.5, 0.6) is 11.5 Å². The number of aldehydes is 1. The predicted octanol–water partition coefficient (Wildman–Crippen LogP) is 4.02. The number of likely N-dealkylation sites (tertiary alicyclic amines) is 1. The van der Waals surface area contributed by atoms with Crippen molar-refractivity contribution in [2.75, 3.05) is 33.4 Å². The fourth-order valence-electron chi connectivity index (χ4n) is 3.16. The van der Waals surface area contributed by atoms with E-state index in [1.165, 1.54) is 32.4 Å². The molecule has 25 heavy (non-hydrogen) atoms. The number of piperidine rings is 1. The highest BCUT2D eigenvalue weighted by Crippen LogP contribution is 2.33. The molecule has 0 amide bonds. The van der Waals surface area contributed by atoms with E-state index in [9.17, 15) is 4.79 Å². The van der Waals surface area contributed by atoms with E-state index in [0.717, 1.165) is 24.3 Å². The normalized spacial score (nSPS) is 15.1. The van der Waals surface area contributed by atoms with Crippen LogP contribution in [0.3, 0.4) is 0 Å². The summed E-state index contributed by atoms with van der Waals surface area (Å²) in [6.07, 6.45) is 5.69. The molecular weight excluding hydrogens is 318 g/mol. The highest BCUT2D eigenvalue weighted by Gasteiger charge is 2.12. The van der Waals surface area contributed by atoms with E-state index >= 15 is 0 Å². The first-order chi connectivity index (χ1) is 12.3. The second kappa shape index (κ2) is 8.72. The average Bonchev–Trinajstić information content (AvgIpc) is 3.15. The lowest BCUT2D eigenvalue weighted by molar-refractivity contribution is 0.110. The van der Waals surface area contributed by atoms with Gasteiger partial charge >= 0.3 is 0 Å². The summed E-state index contributed by atoms with van der Waals surface area (Å²) < 4.78 is 16.8. The van der Waals surface area contributed by atoms with Gasteiger partial charge in [-0.15, -0.1) is 0 Å². The van der Waals surface area contributed by atoms with E-state index in [4.69, 9.17) is 13.9 Å². The van der Waals surface area contributed by atoms with Crippen molar-refractivity contribution in [3.8, 4) is 22.8 Å². The average molecular weight is 343 g/mol. The highest BCUT2D eigenvalue weighted by atomic mass is 16.5. The third-order valence-corrected chi connectivity index (χ3v) is 4.52. The molecule has 1 aliphatic rings. The zero-order chi connectivity index (χ0) is 17.5.